The first-order valence-corrected chi connectivity index (χ1v) is 13.0. The summed E-state index contributed by atoms with van der Waals surface area (Å²) in [5.41, 5.74) is 0.823. The van der Waals surface area contributed by atoms with Crippen LogP contribution in [-0.4, -0.2) is 84.8 Å². The fourth-order valence-corrected chi connectivity index (χ4v) is 5.73. The van der Waals surface area contributed by atoms with Gasteiger partial charge in [-0.1, -0.05) is 28.4 Å². The third-order valence-corrected chi connectivity index (χ3v) is 8.12. The van der Waals surface area contributed by atoms with Crippen LogP contribution >= 0.6 is 23.2 Å². The van der Waals surface area contributed by atoms with Crippen LogP contribution in [0.2, 0.25) is 10.0 Å². The number of piperazine rings is 1. The zero-order chi connectivity index (χ0) is 24.5. The molecule has 2 aliphatic rings. The summed E-state index contributed by atoms with van der Waals surface area (Å²) in [5, 5.41) is 11.3. The Labute approximate surface area is 207 Å². The summed E-state index contributed by atoms with van der Waals surface area (Å²) in [5.74, 6) is -0.384. The maximum absolute atomic E-state index is 13.3. The Balaban J connectivity index is 1.48. The van der Waals surface area contributed by atoms with Gasteiger partial charge >= 0.3 is 0 Å². The van der Waals surface area contributed by atoms with E-state index in [-0.39, 0.29) is 38.4 Å². The van der Waals surface area contributed by atoms with Crippen molar-refractivity contribution < 1.29 is 18.0 Å². The molecule has 184 valence electrons. The quantitative estimate of drug-likeness (QED) is 0.568. The number of hydrogen-bond donors (Lipinski definition) is 2. The minimum Gasteiger partial charge on any atom is -0.354 e. The number of sulfonamides is 1. The highest BCUT2D eigenvalue weighted by Gasteiger charge is 2.29. The molecule has 4 rings (SSSR count). The zero-order valence-corrected chi connectivity index (χ0v) is 20.8. The lowest BCUT2D eigenvalue weighted by Crippen LogP contribution is -2.47. The van der Waals surface area contributed by atoms with Crippen LogP contribution in [0.3, 0.4) is 0 Å². The van der Waals surface area contributed by atoms with E-state index in [9.17, 15) is 18.0 Å². The molecule has 2 fully saturated rings. The van der Waals surface area contributed by atoms with Crippen molar-refractivity contribution >= 4 is 45.0 Å². The molecule has 34 heavy (non-hydrogen) atoms. The van der Waals surface area contributed by atoms with Gasteiger partial charge in [-0.25, -0.2) is 17.8 Å². The fraction of sp³-hybridized carbons (Fsp3) is 0.500. The first-order chi connectivity index (χ1) is 16.2. The predicted octanol–water partition coefficient (Wildman–Crippen LogP) is 0.902. The van der Waals surface area contributed by atoms with Gasteiger partial charge in [0.2, 0.25) is 15.9 Å². The zero-order valence-electron chi connectivity index (χ0n) is 18.5. The standard InChI is InChI=1S/C20H25Cl2N7O4S/c1-23-34(32,33)18-7-15(16(21)8-17(18)22)20(31)28-5-2-3-14(11-28)29-10-13(25-26-29)9-27-6-4-24-19(30)12-27/h7-8,10,14,23H,2-6,9,11-12H2,1H3,(H,24,30). The van der Waals surface area contributed by atoms with E-state index < -0.39 is 10.0 Å². The number of benzene rings is 1. The lowest BCUT2D eigenvalue weighted by Gasteiger charge is -2.33. The summed E-state index contributed by atoms with van der Waals surface area (Å²) in [4.78, 5) is 28.3. The lowest BCUT2D eigenvalue weighted by atomic mass is 10.0. The van der Waals surface area contributed by atoms with E-state index in [0.29, 0.717) is 32.7 Å². The van der Waals surface area contributed by atoms with Gasteiger partial charge in [0.05, 0.1) is 40.1 Å². The highest BCUT2D eigenvalue weighted by atomic mass is 35.5. The summed E-state index contributed by atoms with van der Waals surface area (Å²) in [6.45, 7) is 3.08. The predicted molar refractivity (Wildman–Crippen MR) is 125 cm³/mol. The number of hydrogen-bond acceptors (Lipinski definition) is 7. The third kappa shape index (κ3) is 5.36. The van der Waals surface area contributed by atoms with E-state index in [1.54, 1.807) is 9.58 Å². The van der Waals surface area contributed by atoms with Gasteiger partial charge in [0.1, 0.15) is 4.90 Å². The fourth-order valence-electron chi connectivity index (χ4n) is 4.15. The van der Waals surface area contributed by atoms with Gasteiger partial charge in [-0.05, 0) is 32.0 Å². The molecule has 2 aliphatic heterocycles. The van der Waals surface area contributed by atoms with Gasteiger partial charge < -0.3 is 10.2 Å². The molecule has 2 amide bonds. The summed E-state index contributed by atoms with van der Waals surface area (Å²) < 4.78 is 28.5. The van der Waals surface area contributed by atoms with Crippen molar-refractivity contribution in [1.29, 1.82) is 0 Å². The molecule has 3 heterocycles. The van der Waals surface area contributed by atoms with Crippen LogP contribution in [-0.2, 0) is 21.4 Å². The van der Waals surface area contributed by atoms with Crippen LogP contribution in [0, 0.1) is 0 Å². The highest BCUT2D eigenvalue weighted by molar-refractivity contribution is 7.89. The minimum absolute atomic E-state index is 0.00777. The highest BCUT2D eigenvalue weighted by Crippen LogP contribution is 2.31. The molecule has 1 unspecified atom stereocenters. The molecule has 1 aromatic heterocycles. The molecule has 2 N–H and O–H groups in total. The molecule has 0 saturated carbocycles. The second kappa shape index (κ2) is 10.2. The number of rotatable bonds is 6. The minimum atomic E-state index is -3.86. The average Bonchev–Trinajstić information content (AvgIpc) is 3.27. The Morgan fingerprint density at radius 2 is 2.06 bits per heavy atom. The van der Waals surface area contributed by atoms with Gasteiger partial charge in [0.15, 0.2) is 0 Å². The van der Waals surface area contributed by atoms with E-state index in [2.05, 4.69) is 20.4 Å². The average molecular weight is 530 g/mol. The van der Waals surface area contributed by atoms with Crippen LogP contribution in [0.5, 0.6) is 0 Å². The Morgan fingerprint density at radius 3 is 2.79 bits per heavy atom. The van der Waals surface area contributed by atoms with Crippen molar-refractivity contribution in [2.45, 2.75) is 30.3 Å². The molecule has 1 aromatic carbocycles. The van der Waals surface area contributed by atoms with Crippen LogP contribution in [0.15, 0.2) is 23.2 Å². The van der Waals surface area contributed by atoms with Gasteiger partial charge in [0.25, 0.3) is 5.91 Å². The molecule has 0 bridgehead atoms. The Hall–Kier alpha value is -2.25. The first kappa shape index (κ1) is 24.9. The molecule has 2 saturated heterocycles. The number of carbonyl (C=O) groups is 2. The van der Waals surface area contributed by atoms with Crippen molar-refractivity contribution in [3.8, 4) is 0 Å². The number of carbonyl (C=O) groups excluding carboxylic acids is 2. The molecule has 11 nitrogen and oxygen atoms in total. The SMILES string of the molecule is CNS(=O)(=O)c1cc(C(=O)N2CCCC(n3cc(CN4CCNC(=O)C4)nn3)C2)c(Cl)cc1Cl. The summed E-state index contributed by atoms with van der Waals surface area (Å²) >= 11 is 12.3. The van der Waals surface area contributed by atoms with Crippen molar-refractivity contribution in [3.05, 3.63) is 39.6 Å². The molecule has 0 aliphatic carbocycles. The molecular formula is C20H25Cl2N7O4S. The van der Waals surface area contributed by atoms with Crippen molar-refractivity contribution in [2.75, 3.05) is 39.8 Å². The second-order valence-corrected chi connectivity index (χ2v) is 10.9. The molecular weight excluding hydrogens is 505 g/mol. The number of amides is 2. The van der Waals surface area contributed by atoms with E-state index in [1.807, 2.05) is 11.1 Å². The molecule has 1 atom stereocenters. The normalized spacial score (nSPS) is 19.8. The van der Waals surface area contributed by atoms with Crippen LogP contribution in [0.25, 0.3) is 0 Å². The van der Waals surface area contributed by atoms with Crippen LogP contribution in [0.1, 0.15) is 34.9 Å². The second-order valence-electron chi connectivity index (χ2n) is 8.27. The number of nitrogens with one attached hydrogen (secondary N) is 2. The summed E-state index contributed by atoms with van der Waals surface area (Å²) in [6.07, 6.45) is 3.40. The van der Waals surface area contributed by atoms with Crippen molar-refractivity contribution in [2.24, 2.45) is 0 Å². The maximum Gasteiger partial charge on any atom is 0.255 e. The Bertz CT molecular complexity index is 1200. The van der Waals surface area contributed by atoms with Crippen LogP contribution < -0.4 is 10.0 Å². The molecule has 0 spiro atoms. The van der Waals surface area contributed by atoms with Gasteiger partial charge in [-0.2, -0.15) is 0 Å². The topological polar surface area (TPSA) is 130 Å². The van der Waals surface area contributed by atoms with E-state index >= 15 is 0 Å². The van der Waals surface area contributed by atoms with E-state index in [1.165, 1.54) is 19.2 Å². The summed E-state index contributed by atoms with van der Waals surface area (Å²) in [6, 6.07) is 2.40. The molecule has 0 radical (unpaired) electrons. The van der Waals surface area contributed by atoms with Gasteiger partial charge in [-0.15, -0.1) is 5.10 Å². The number of halogens is 2. The number of aromatic nitrogens is 3. The van der Waals surface area contributed by atoms with Crippen molar-refractivity contribution in [1.82, 2.24) is 34.8 Å². The maximum atomic E-state index is 13.3. The summed E-state index contributed by atoms with van der Waals surface area (Å²) in [7, 11) is -2.59. The van der Waals surface area contributed by atoms with Gasteiger partial charge in [0, 0.05) is 32.7 Å². The van der Waals surface area contributed by atoms with Crippen LogP contribution in [0.4, 0.5) is 0 Å². The number of likely N-dealkylation sites (tertiary alicyclic amines) is 1. The molecule has 2 aromatic rings. The van der Waals surface area contributed by atoms with Gasteiger partial charge in [-0.3, -0.25) is 14.5 Å². The van der Waals surface area contributed by atoms with E-state index in [0.717, 1.165) is 25.1 Å². The third-order valence-electron chi connectivity index (χ3n) is 5.93. The monoisotopic (exact) mass is 529 g/mol. The number of piperidine rings is 1. The number of nitrogens with zero attached hydrogens (tertiary/aromatic N) is 5. The smallest absolute Gasteiger partial charge is 0.255 e. The first-order valence-electron chi connectivity index (χ1n) is 10.8. The van der Waals surface area contributed by atoms with Crippen molar-refractivity contribution in [3.63, 3.8) is 0 Å². The Kier molecular flexibility index (Phi) is 7.43. The van der Waals surface area contributed by atoms with E-state index in [4.69, 9.17) is 23.2 Å². The lowest BCUT2D eigenvalue weighted by molar-refractivity contribution is -0.124. The largest absolute Gasteiger partial charge is 0.354 e. The Morgan fingerprint density at radius 1 is 1.26 bits per heavy atom. The molecule has 14 heteroatoms.